The van der Waals surface area contributed by atoms with Gasteiger partial charge in [-0.3, -0.25) is 4.79 Å². The van der Waals surface area contributed by atoms with Crippen LogP contribution in [0, 0.1) is 0 Å². The first-order chi connectivity index (χ1) is 9.07. The molecule has 19 heavy (non-hydrogen) atoms. The molecule has 1 aromatic carbocycles. The lowest BCUT2D eigenvalue weighted by Crippen LogP contribution is -2.48. The van der Waals surface area contributed by atoms with Gasteiger partial charge >= 0.3 is 5.97 Å². The molecular weight excluding hydrogens is 246 g/mol. The van der Waals surface area contributed by atoms with Crippen molar-refractivity contribution in [2.24, 2.45) is 0 Å². The zero-order valence-electron chi connectivity index (χ0n) is 10.8. The molecule has 0 aromatic heterocycles. The van der Waals surface area contributed by atoms with Crippen molar-refractivity contribution in [3.63, 3.8) is 0 Å². The number of nitrogens with one attached hydrogen (secondary N) is 1. The second-order valence-electron chi connectivity index (χ2n) is 4.68. The fraction of sp³-hybridized carbons (Fsp3) is 0.429. The van der Waals surface area contributed by atoms with E-state index in [4.69, 9.17) is 9.84 Å². The molecular formula is C14H17NO4. The van der Waals surface area contributed by atoms with Gasteiger partial charge in [-0.2, -0.15) is 0 Å². The highest BCUT2D eigenvalue weighted by Gasteiger charge is 2.53. The van der Waals surface area contributed by atoms with Gasteiger partial charge in [-0.05, 0) is 18.6 Å². The maximum atomic E-state index is 12.1. The summed E-state index contributed by atoms with van der Waals surface area (Å²) in [7, 11) is 0. The van der Waals surface area contributed by atoms with E-state index in [1.165, 1.54) is 0 Å². The molecule has 0 aliphatic heterocycles. The lowest BCUT2D eigenvalue weighted by atomic mass is 10.2. The Morgan fingerprint density at radius 2 is 2.00 bits per heavy atom. The largest absolute Gasteiger partial charge is 0.480 e. The van der Waals surface area contributed by atoms with Crippen LogP contribution in [0.15, 0.2) is 30.3 Å². The Morgan fingerprint density at radius 3 is 2.47 bits per heavy atom. The summed E-state index contributed by atoms with van der Waals surface area (Å²) in [4.78, 5) is 23.0. The summed E-state index contributed by atoms with van der Waals surface area (Å²) >= 11 is 0. The molecule has 102 valence electrons. The normalized spacial score (nSPS) is 17.3. The average Bonchev–Trinajstić information content (AvgIpc) is 3.17. The molecule has 0 spiro atoms. The van der Waals surface area contributed by atoms with E-state index >= 15 is 0 Å². The molecule has 1 unspecified atom stereocenters. The van der Waals surface area contributed by atoms with Crippen LogP contribution >= 0.6 is 0 Å². The Balaban J connectivity index is 2.00. The molecule has 0 heterocycles. The minimum absolute atomic E-state index is 0.342. The highest BCUT2D eigenvalue weighted by atomic mass is 16.5. The highest BCUT2D eigenvalue weighted by Crippen LogP contribution is 2.40. The molecule has 0 radical (unpaired) electrons. The molecule has 1 aliphatic rings. The molecule has 2 rings (SSSR count). The quantitative estimate of drug-likeness (QED) is 0.817. The van der Waals surface area contributed by atoms with Gasteiger partial charge < -0.3 is 15.2 Å². The maximum Gasteiger partial charge on any atom is 0.326 e. The van der Waals surface area contributed by atoms with Crippen LogP contribution in [0.3, 0.4) is 0 Å². The molecule has 1 atom stereocenters. The van der Waals surface area contributed by atoms with Crippen LogP contribution in [0.5, 0.6) is 5.75 Å². The van der Waals surface area contributed by atoms with Gasteiger partial charge in [0.1, 0.15) is 11.8 Å². The van der Waals surface area contributed by atoms with E-state index in [1.54, 1.807) is 19.1 Å². The molecule has 2 N–H and O–H groups in total. The van der Waals surface area contributed by atoms with Gasteiger partial charge in [-0.1, -0.05) is 25.1 Å². The summed E-state index contributed by atoms with van der Waals surface area (Å²) in [6.07, 6.45) is 1.58. The summed E-state index contributed by atoms with van der Waals surface area (Å²) in [5, 5.41) is 11.5. The number of amides is 1. The Kier molecular flexibility index (Phi) is 3.74. The van der Waals surface area contributed by atoms with Crippen LogP contribution in [-0.2, 0) is 9.59 Å². The van der Waals surface area contributed by atoms with Crippen LogP contribution in [0.1, 0.15) is 26.2 Å². The molecule has 0 saturated heterocycles. The van der Waals surface area contributed by atoms with Crippen molar-refractivity contribution in [1.29, 1.82) is 0 Å². The lowest BCUT2D eigenvalue weighted by Gasteiger charge is -2.20. The van der Waals surface area contributed by atoms with Gasteiger partial charge in [0.15, 0.2) is 5.60 Å². The van der Waals surface area contributed by atoms with Crippen LogP contribution in [0.4, 0.5) is 0 Å². The maximum absolute atomic E-state index is 12.1. The van der Waals surface area contributed by atoms with Gasteiger partial charge in [0, 0.05) is 12.8 Å². The number of carbonyl (C=O) groups excluding carboxylic acids is 1. The second-order valence-corrected chi connectivity index (χ2v) is 4.68. The molecule has 1 saturated carbocycles. The van der Waals surface area contributed by atoms with Crippen LogP contribution < -0.4 is 10.1 Å². The van der Waals surface area contributed by atoms with Crippen molar-refractivity contribution in [2.75, 3.05) is 0 Å². The standard InChI is InChI=1S/C14H17NO4/c1-2-11(12(16)17)15-13(18)14(8-9-14)19-10-6-4-3-5-7-10/h3-7,11H,2,8-9H2,1H3,(H,15,18)(H,16,17). The third-order valence-electron chi connectivity index (χ3n) is 3.19. The zero-order valence-corrected chi connectivity index (χ0v) is 10.8. The molecule has 1 aliphatic carbocycles. The van der Waals surface area contributed by atoms with Crippen molar-refractivity contribution in [2.45, 2.75) is 37.8 Å². The number of hydrogen-bond donors (Lipinski definition) is 2. The summed E-state index contributed by atoms with van der Waals surface area (Å²) in [5.74, 6) is -0.740. The number of carboxylic acids is 1. The molecule has 5 nitrogen and oxygen atoms in total. The van der Waals surface area contributed by atoms with Crippen molar-refractivity contribution in [3.05, 3.63) is 30.3 Å². The summed E-state index contributed by atoms with van der Waals surface area (Å²) in [6.45, 7) is 1.72. The average molecular weight is 263 g/mol. The second kappa shape index (κ2) is 5.30. The first-order valence-electron chi connectivity index (χ1n) is 6.35. The van der Waals surface area contributed by atoms with Crippen LogP contribution in [0.2, 0.25) is 0 Å². The van der Waals surface area contributed by atoms with E-state index in [0.717, 1.165) is 0 Å². The number of benzene rings is 1. The summed E-state index contributed by atoms with van der Waals surface area (Å²) in [5.41, 5.74) is -0.885. The minimum atomic E-state index is -1.02. The predicted molar refractivity (Wildman–Crippen MR) is 68.9 cm³/mol. The molecule has 1 fully saturated rings. The fourth-order valence-electron chi connectivity index (χ4n) is 1.83. The van der Waals surface area contributed by atoms with Gasteiger partial charge in [0.05, 0.1) is 0 Å². The number of carbonyl (C=O) groups is 2. The predicted octanol–water partition coefficient (Wildman–Crippen LogP) is 1.58. The first-order valence-corrected chi connectivity index (χ1v) is 6.35. The van der Waals surface area contributed by atoms with Crippen LogP contribution in [-0.4, -0.2) is 28.6 Å². The zero-order chi connectivity index (χ0) is 13.9. The van der Waals surface area contributed by atoms with Gasteiger partial charge in [-0.15, -0.1) is 0 Å². The Bertz CT molecular complexity index is 468. The Labute approximate surface area is 111 Å². The Hall–Kier alpha value is -2.04. The van der Waals surface area contributed by atoms with Crippen molar-refractivity contribution in [1.82, 2.24) is 5.32 Å². The summed E-state index contributed by atoms with van der Waals surface area (Å²) in [6, 6.07) is 8.22. The van der Waals surface area contributed by atoms with E-state index in [9.17, 15) is 9.59 Å². The van der Waals surface area contributed by atoms with Gasteiger partial charge in [-0.25, -0.2) is 4.79 Å². The smallest absolute Gasteiger partial charge is 0.326 e. The molecule has 0 bridgehead atoms. The Morgan fingerprint density at radius 1 is 1.37 bits per heavy atom. The van der Waals surface area contributed by atoms with Crippen molar-refractivity contribution in [3.8, 4) is 5.75 Å². The highest BCUT2D eigenvalue weighted by molar-refractivity contribution is 5.91. The monoisotopic (exact) mass is 263 g/mol. The van der Waals surface area contributed by atoms with E-state index in [-0.39, 0.29) is 5.91 Å². The fourth-order valence-corrected chi connectivity index (χ4v) is 1.83. The van der Waals surface area contributed by atoms with Crippen molar-refractivity contribution < 1.29 is 19.4 Å². The van der Waals surface area contributed by atoms with E-state index in [2.05, 4.69) is 5.32 Å². The number of aliphatic carboxylic acids is 1. The molecule has 1 aromatic rings. The lowest BCUT2D eigenvalue weighted by molar-refractivity contribution is -0.143. The number of carboxylic acid groups (broad SMARTS) is 1. The number of hydrogen-bond acceptors (Lipinski definition) is 3. The van der Waals surface area contributed by atoms with E-state index < -0.39 is 17.6 Å². The third-order valence-corrected chi connectivity index (χ3v) is 3.19. The first kappa shape index (κ1) is 13.4. The van der Waals surface area contributed by atoms with Crippen LogP contribution in [0.25, 0.3) is 0 Å². The third kappa shape index (κ3) is 3.05. The number of rotatable bonds is 6. The number of para-hydroxylation sites is 1. The van der Waals surface area contributed by atoms with E-state index in [0.29, 0.717) is 25.0 Å². The van der Waals surface area contributed by atoms with Gasteiger partial charge in [0.25, 0.3) is 5.91 Å². The number of ether oxygens (including phenoxy) is 1. The molecule has 5 heteroatoms. The molecule has 1 amide bonds. The van der Waals surface area contributed by atoms with E-state index in [1.807, 2.05) is 18.2 Å². The minimum Gasteiger partial charge on any atom is -0.480 e. The topological polar surface area (TPSA) is 75.6 Å². The van der Waals surface area contributed by atoms with Gasteiger partial charge in [0.2, 0.25) is 0 Å². The summed E-state index contributed by atoms with van der Waals surface area (Å²) < 4.78 is 5.69. The SMILES string of the molecule is CCC(NC(=O)C1(Oc2ccccc2)CC1)C(=O)O. The van der Waals surface area contributed by atoms with Crippen molar-refractivity contribution >= 4 is 11.9 Å².